The number of sulfonamides is 1. The number of methoxy groups -OCH3 is 1. The number of benzene rings is 1. The second kappa shape index (κ2) is 9.17. The van der Waals surface area contributed by atoms with E-state index >= 15 is 0 Å². The minimum absolute atomic E-state index is 0.0190. The van der Waals surface area contributed by atoms with Gasteiger partial charge in [0.25, 0.3) is 0 Å². The van der Waals surface area contributed by atoms with Gasteiger partial charge in [-0.3, -0.25) is 9.69 Å². The molecule has 1 amide bonds. The van der Waals surface area contributed by atoms with Crippen molar-refractivity contribution in [1.29, 1.82) is 0 Å². The summed E-state index contributed by atoms with van der Waals surface area (Å²) in [5.74, 6) is 0.0456. The first-order chi connectivity index (χ1) is 11.6. The molecule has 0 aromatic heterocycles. The van der Waals surface area contributed by atoms with Crippen molar-refractivity contribution in [3.63, 3.8) is 0 Å². The van der Waals surface area contributed by atoms with Crippen LogP contribution in [0.5, 0.6) is 5.75 Å². The molecule has 0 aliphatic heterocycles. The van der Waals surface area contributed by atoms with Crippen LogP contribution in [-0.2, 0) is 14.8 Å². The first-order valence-electron chi connectivity index (χ1n) is 8.24. The van der Waals surface area contributed by atoms with Gasteiger partial charge in [-0.1, -0.05) is 13.3 Å². The van der Waals surface area contributed by atoms with Crippen LogP contribution in [0.2, 0.25) is 0 Å². The zero-order chi connectivity index (χ0) is 19.2. The topological polar surface area (TPSA) is 79.0 Å². The number of anilines is 1. The number of amides is 1. The smallest absolute Gasteiger partial charge is 0.246 e. The molecule has 0 spiro atoms. The second-order valence-corrected chi connectivity index (χ2v) is 8.37. The number of hydrogen-bond acceptors (Lipinski definition) is 5. The molecule has 0 bridgehead atoms. The molecule has 25 heavy (non-hydrogen) atoms. The normalized spacial score (nSPS) is 13.1. The van der Waals surface area contributed by atoms with Gasteiger partial charge < -0.3 is 10.1 Å². The van der Waals surface area contributed by atoms with Gasteiger partial charge in [-0.15, -0.1) is 0 Å². The molecule has 0 aliphatic carbocycles. The van der Waals surface area contributed by atoms with Gasteiger partial charge in [0, 0.05) is 25.8 Å². The van der Waals surface area contributed by atoms with Crippen molar-refractivity contribution < 1.29 is 17.9 Å². The van der Waals surface area contributed by atoms with Crippen LogP contribution in [0.15, 0.2) is 23.1 Å². The Morgan fingerprint density at radius 2 is 1.92 bits per heavy atom. The van der Waals surface area contributed by atoms with Crippen LogP contribution in [0.4, 0.5) is 5.69 Å². The van der Waals surface area contributed by atoms with Gasteiger partial charge in [0.2, 0.25) is 15.9 Å². The lowest BCUT2D eigenvalue weighted by atomic mass is 10.2. The van der Waals surface area contributed by atoms with Crippen LogP contribution < -0.4 is 10.1 Å². The van der Waals surface area contributed by atoms with Crippen molar-refractivity contribution >= 4 is 21.6 Å². The van der Waals surface area contributed by atoms with Crippen LogP contribution in [0, 0.1) is 0 Å². The zero-order valence-corrected chi connectivity index (χ0v) is 16.7. The average molecular weight is 372 g/mol. The Labute approximate surface area is 151 Å². The average Bonchev–Trinajstić information content (AvgIpc) is 2.54. The summed E-state index contributed by atoms with van der Waals surface area (Å²) in [5, 5.41) is 2.75. The summed E-state index contributed by atoms with van der Waals surface area (Å²) < 4.78 is 31.1. The fourth-order valence-electron chi connectivity index (χ4n) is 2.37. The lowest BCUT2D eigenvalue weighted by molar-refractivity contribution is -0.117. The number of likely N-dealkylation sites (N-methyl/N-ethyl adjacent to an activating group) is 1. The highest BCUT2D eigenvalue weighted by molar-refractivity contribution is 7.89. The van der Waals surface area contributed by atoms with E-state index in [4.69, 9.17) is 4.74 Å². The van der Waals surface area contributed by atoms with Crippen LogP contribution in [0.1, 0.15) is 26.7 Å². The third-order valence-corrected chi connectivity index (χ3v) is 5.89. The summed E-state index contributed by atoms with van der Waals surface area (Å²) in [4.78, 5) is 14.2. The van der Waals surface area contributed by atoms with Crippen molar-refractivity contribution in [3.05, 3.63) is 18.2 Å². The van der Waals surface area contributed by atoms with Crippen LogP contribution in [-0.4, -0.2) is 64.4 Å². The first kappa shape index (κ1) is 21.4. The molecule has 0 radical (unpaired) electrons. The molecule has 142 valence electrons. The molecule has 1 N–H and O–H groups in total. The second-order valence-electron chi connectivity index (χ2n) is 6.25. The standard InChI is InChI=1S/C17H29N3O4S/c1-7-8-13(2)20(5)12-17(21)18-14-9-10-15(24-6)16(11-14)25(22,23)19(3)4/h9-11,13H,7-8,12H2,1-6H3,(H,18,21). The highest BCUT2D eigenvalue weighted by Gasteiger charge is 2.23. The minimum Gasteiger partial charge on any atom is -0.495 e. The molecule has 1 atom stereocenters. The Kier molecular flexibility index (Phi) is 7.85. The number of nitrogens with one attached hydrogen (secondary N) is 1. The van der Waals surface area contributed by atoms with E-state index in [0.717, 1.165) is 17.1 Å². The van der Waals surface area contributed by atoms with Crippen LogP contribution >= 0.6 is 0 Å². The molecule has 1 unspecified atom stereocenters. The number of hydrogen-bond donors (Lipinski definition) is 1. The van der Waals surface area contributed by atoms with E-state index in [1.807, 2.05) is 11.9 Å². The molecule has 1 rings (SSSR count). The van der Waals surface area contributed by atoms with Crippen LogP contribution in [0.25, 0.3) is 0 Å². The number of carbonyl (C=O) groups excluding carboxylic acids is 1. The highest BCUT2D eigenvalue weighted by atomic mass is 32.2. The molecule has 8 heteroatoms. The van der Waals surface area contributed by atoms with E-state index in [-0.39, 0.29) is 23.1 Å². The van der Waals surface area contributed by atoms with E-state index in [1.54, 1.807) is 6.07 Å². The van der Waals surface area contributed by atoms with Gasteiger partial charge in [-0.2, -0.15) is 0 Å². The van der Waals surface area contributed by atoms with E-state index in [0.29, 0.717) is 11.7 Å². The maximum Gasteiger partial charge on any atom is 0.246 e. The Balaban J connectivity index is 2.95. The molecule has 0 saturated carbocycles. The van der Waals surface area contributed by atoms with Crippen molar-refractivity contribution in [2.24, 2.45) is 0 Å². The monoisotopic (exact) mass is 371 g/mol. The summed E-state index contributed by atoms with van der Waals surface area (Å²) >= 11 is 0. The largest absolute Gasteiger partial charge is 0.495 e. The SMILES string of the molecule is CCCC(C)N(C)CC(=O)Nc1ccc(OC)c(S(=O)(=O)N(C)C)c1. The third kappa shape index (κ3) is 5.69. The molecule has 1 aromatic carbocycles. The fourth-order valence-corrected chi connectivity index (χ4v) is 3.45. The summed E-state index contributed by atoms with van der Waals surface area (Å²) in [7, 11) is 2.53. The number of rotatable bonds is 9. The molecule has 7 nitrogen and oxygen atoms in total. The third-order valence-electron chi connectivity index (χ3n) is 4.06. The summed E-state index contributed by atoms with van der Waals surface area (Å²) in [6, 6.07) is 4.88. The first-order valence-corrected chi connectivity index (χ1v) is 9.68. The van der Waals surface area contributed by atoms with Crippen molar-refractivity contribution in [2.75, 3.05) is 40.1 Å². The molecular formula is C17H29N3O4S. The molecule has 0 saturated heterocycles. The Hall–Kier alpha value is -1.64. The molecule has 0 heterocycles. The predicted molar refractivity (Wildman–Crippen MR) is 99.5 cm³/mol. The Morgan fingerprint density at radius 3 is 2.44 bits per heavy atom. The highest BCUT2D eigenvalue weighted by Crippen LogP contribution is 2.28. The van der Waals surface area contributed by atoms with E-state index in [9.17, 15) is 13.2 Å². The quantitative estimate of drug-likeness (QED) is 0.718. The van der Waals surface area contributed by atoms with Crippen LogP contribution in [0.3, 0.4) is 0 Å². The van der Waals surface area contributed by atoms with Gasteiger partial charge in [0.1, 0.15) is 10.6 Å². The Bertz CT molecular complexity index is 689. The van der Waals surface area contributed by atoms with E-state index in [2.05, 4.69) is 19.2 Å². The lowest BCUT2D eigenvalue weighted by Gasteiger charge is -2.23. The van der Waals surface area contributed by atoms with Crippen molar-refractivity contribution in [3.8, 4) is 5.75 Å². The van der Waals surface area contributed by atoms with Gasteiger partial charge >= 0.3 is 0 Å². The van der Waals surface area contributed by atoms with E-state index in [1.165, 1.54) is 33.3 Å². The van der Waals surface area contributed by atoms with Crippen molar-refractivity contribution in [2.45, 2.75) is 37.6 Å². The van der Waals surface area contributed by atoms with E-state index < -0.39 is 10.0 Å². The summed E-state index contributed by atoms with van der Waals surface area (Å²) in [6.45, 7) is 4.42. The van der Waals surface area contributed by atoms with Gasteiger partial charge in [0.15, 0.2) is 0 Å². The maximum absolute atomic E-state index is 12.4. The molecule has 0 aliphatic rings. The molecule has 0 fully saturated rings. The summed E-state index contributed by atoms with van der Waals surface area (Å²) in [5.41, 5.74) is 0.419. The minimum atomic E-state index is -3.68. The number of ether oxygens (including phenoxy) is 1. The van der Waals surface area contributed by atoms with Gasteiger partial charge in [-0.25, -0.2) is 12.7 Å². The zero-order valence-electron chi connectivity index (χ0n) is 15.9. The van der Waals surface area contributed by atoms with Gasteiger partial charge in [0.05, 0.1) is 13.7 Å². The van der Waals surface area contributed by atoms with Gasteiger partial charge in [-0.05, 0) is 38.6 Å². The molecular weight excluding hydrogens is 342 g/mol. The number of carbonyl (C=O) groups is 1. The predicted octanol–water partition coefficient (Wildman–Crippen LogP) is 2.00. The lowest BCUT2D eigenvalue weighted by Crippen LogP contribution is -2.36. The summed E-state index contributed by atoms with van der Waals surface area (Å²) in [6.07, 6.45) is 2.06. The molecule has 1 aromatic rings. The fraction of sp³-hybridized carbons (Fsp3) is 0.588. The van der Waals surface area contributed by atoms with Crippen molar-refractivity contribution in [1.82, 2.24) is 9.21 Å². The Morgan fingerprint density at radius 1 is 1.28 bits per heavy atom. The number of nitrogens with zero attached hydrogens (tertiary/aromatic N) is 2. The maximum atomic E-state index is 12.4.